The average Bonchev–Trinajstić information content (AvgIpc) is 3.03. The number of aromatic nitrogens is 3. The van der Waals surface area contributed by atoms with Gasteiger partial charge in [0.15, 0.2) is 18.4 Å². The minimum atomic E-state index is -4.36. The number of aliphatic imine (C=N–C) groups is 1. The first-order valence-corrected chi connectivity index (χ1v) is 9.43. The number of ether oxygens (including phenoxy) is 2. The fourth-order valence-electron chi connectivity index (χ4n) is 2.39. The molecule has 0 aliphatic carbocycles. The molecule has 0 saturated heterocycles. The van der Waals surface area contributed by atoms with Crippen LogP contribution >= 0.6 is 24.0 Å². The van der Waals surface area contributed by atoms with E-state index in [4.69, 9.17) is 9.47 Å². The number of benzene rings is 1. The number of hydrogen-bond donors (Lipinski definition) is 2. The van der Waals surface area contributed by atoms with Crippen molar-refractivity contribution in [3.05, 3.63) is 41.5 Å². The van der Waals surface area contributed by atoms with Gasteiger partial charge < -0.3 is 24.7 Å². The second-order valence-corrected chi connectivity index (χ2v) is 6.56. The second-order valence-electron chi connectivity index (χ2n) is 6.56. The van der Waals surface area contributed by atoms with Crippen molar-refractivity contribution in [2.45, 2.75) is 32.6 Å². The third-order valence-electron chi connectivity index (χ3n) is 4.16. The van der Waals surface area contributed by atoms with Gasteiger partial charge in [-0.25, -0.2) is 4.99 Å². The summed E-state index contributed by atoms with van der Waals surface area (Å²) in [6.45, 7) is 2.64. The molecule has 0 bridgehead atoms. The highest BCUT2D eigenvalue weighted by Gasteiger charge is 2.28. The Morgan fingerprint density at radius 2 is 1.87 bits per heavy atom. The highest BCUT2D eigenvalue weighted by atomic mass is 127. The summed E-state index contributed by atoms with van der Waals surface area (Å²) in [5.74, 6) is 2.33. The molecule has 2 rings (SSSR count). The molecule has 2 N–H and O–H groups in total. The Balaban J connectivity index is 0.00000480. The van der Waals surface area contributed by atoms with Crippen molar-refractivity contribution >= 4 is 29.9 Å². The summed E-state index contributed by atoms with van der Waals surface area (Å²) >= 11 is 0. The van der Waals surface area contributed by atoms with Gasteiger partial charge in [-0.2, -0.15) is 13.2 Å². The third kappa shape index (κ3) is 10.2. The van der Waals surface area contributed by atoms with Crippen molar-refractivity contribution in [3.8, 4) is 5.75 Å². The minimum absolute atomic E-state index is 0. The molecular formula is C19H28F3IN6O2. The van der Waals surface area contributed by atoms with Crippen LogP contribution in [-0.4, -0.2) is 53.8 Å². The quantitative estimate of drug-likeness (QED) is 0.203. The van der Waals surface area contributed by atoms with Crippen LogP contribution in [0.4, 0.5) is 13.2 Å². The van der Waals surface area contributed by atoms with Gasteiger partial charge in [0.25, 0.3) is 0 Å². The zero-order valence-corrected chi connectivity index (χ0v) is 20.0. The predicted octanol–water partition coefficient (Wildman–Crippen LogP) is 2.95. The molecule has 0 radical (unpaired) electrons. The predicted molar refractivity (Wildman–Crippen MR) is 122 cm³/mol. The Morgan fingerprint density at radius 3 is 2.45 bits per heavy atom. The van der Waals surface area contributed by atoms with E-state index in [1.807, 2.05) is 18.5 Å². The Labute approximate surface area is 196 Å². The second kappa shape index (κ2) is 13.3. The van der Waals surface area contributed by atoms with Gasteiger partial charge in [0.05, 0.1) is 13.1 Å². The summed E-state index contributed by atoms with van der Waals surface area (Å²) in [6, 6.07) is 6.36. The van der Waals surface area contributed by atoms with Crippen molar-refractivity contribution in [1.82, 2.24) is 25.4 Å². The van der Waals surface area contributed by atoms with Gasteiger partial charge in [-0.15, -0.1) is 34.2 Å². The molecule has 0 atom stereocenters. The standard InChI is InChI=1S/C19H27F3N6O2.HI/c1-14-26-27-17(28(14)2)12-25-18(23-9-4-10-29-3)24-11-15-5-7-16(8-6-15)30-13-19(20,21)22;/h5-8H,4,9-13H2,1-3H3,(H2,23,24,25);1H. The molecule has 0 amide bonds. The molecule has 1 aromatic carbocycles. The van der Waals surface area contributed by atoms with E-state index in [-0.39, 0.29) is 29.7 Å². The number of alkyl halides is 3. The monoisotopic (exact) mass is 556 g/mol. The van der Waals surface area contributed by atoms with E-state index < -0.39 is 12.8 Å². The van der Waals surface area contributed by atoms with Crippen molar-refractivity contribution in [2.75, 3.05) is 26.9 Å². The number of hydrogen-bond acceptors (Lipinski definition) is 5. The zero-order valence-electron chi connectivity index (χ0n) is 17.7. The molecule has 0 unspecified atom stereocenters. The molecule has 12 heteroatoms. The van der Waals surface area contributed by atoms with Gasteiger partial charge in [0, 0.05) is 27.3 Å². The maximum Gasteiger partial charge on any atom is 0.422 e. The van der Waals surface area contributed by atoms with Gasteiger partial charge in [-0.1, -0.05) is 12.1 Å². The van der Waals surface area contributed by atoms with Crippen LogP contribution in [-0.2, 0) is 24.9 Å². The van der Waals surface area contributed by atoms with Crippen LogP contribution in [0.1, 0.15) is 23.6 Å². The normalized spacial score (nSPS) is 11.7. The SMILES string of the molecule is COCCCNC(=NCc1ccc(OCC(F)(F)F)cc1)NCc1nnc(C)n1C.I. The van der Waals surface area contributed by atoms with Crippen LogP contribution < -0.4 is 15.4 Å². The molecule has 0 aliphatic heterocycles. The summed E-state index contributed by atoms with van der Waals surface area (Å²) in [5.41, 5.74) is 0.835. The minimum Gasteiger partial charge on any atom is -0.484 e. The first-order chi connectivity index (χ1) is 14.3. The lowest BCUT2D eigenvalue weighted by Gasteiger charge is -2.13. The Morgan fingerprint density at radius 1 is 1.16 bits per heavy atom. The van der Waals surface area contributed by atoms with Gasteiger partial charge >= 0.3 is 6.18 Å². The van der Waals surface area contributed by atoms with Crippen molar-refractivity contribution in [2.24, 2.45) is 12.0 Å². The van der Waals surface area contributed by atoms with Crippen molar-refractivity contribution < 1.29 is 22.6 Å². The summed E-state index contributed by atoms with van der Waals surface area (Å²) < 4.78 is 48.3. The smallest absolute Gasteiger partial charge is 0.422 e. The number of nitrogens with zero attached hydrogens (tertiary/aromatic N) is 4. The van der Waals surface area contributed by atoms with Crippen LogP contribution in [0.3, 0.4) is 0 Å². The fraction of sp³-hybridized carbons (Fsp3) is 0.526. The first-order valence-electron chi connectivity index (χ1n) is 9.43. The highest BCUT2D eigenvalue weighted by Crippen LogP contribution is 2.19. The molecule has 0 saturated carbocycles. The van der Waals surface area contributed by atoms with Gasteiger partial charge in [0.1, 0.15) is 11.6 Å². The first kappa shape index (κ1) is 26.9. The lowest BCUT2D eigenvalue weighted by atomic mass is 10.2. The number of halogens is 4. The Bertz CT molecular complexity index is 812. The van der Waals surface area contributed by atoms with Crippen molar-refractivity contribution in [3.63, 3.8) is 0 Å². The maximum atomic E-state index is 12.2. The van der Waals surface area contributed by atoms with E-state index in [0.29, 0.717) is 32.2 Å². The molecule has 174 valence electrons. The molecular weight excluding hydrogens is 528 g/mol. The largest absolute Gasteiger partial charge is 0.484 e. The van der Waals surface area contributed by atoms with E-state index in [1.54, 1.807) is 19.2 Å². The van der Waals surface area contributed by atoms with Crippen LogP contribution in [0.2, 0.25) is 0 Å². The van der Waals surface area contributed by atoms with Crippen LogP contribution in [0.5, 0.6) is 5.75 Å². The summed E-state index contributed by atoms with van der Waals surface area (Å²) in [7, 11) is 3.53. The van der Waals surface area contributed by atoms with Crippen LogP contribution in [0.15, 0.2) is 29.3 Å². The molecule has 0 spiro atoms. The van der Waals surface area contributed by atoms with E-state index in [2.05, 4.69) is 25.8 Å². The highest BCUT2D eigenvalue weighted by molar-refractivity contribution is 14.0. The molecule has 31 heavy (non-hydrogen) atoms. The van der Waals surface area contributed by atoms with E-state index in [1.165, 1.54) is 12.1 Å². The van der Waals surface area contributed by atoms with Gasteiger partial charge in [0.2, 0.25) is 0 Å². The number of guanidine groups is 1. The summed E-state index contributed by atoms with van der Waals surface area (Å²) in [4.78, 5) is 4.53. The number of rotatable bonds is 10. The molecule has 0 aliphatic rings. The lowest BCUT2D eigenvalue weighted by molar-refractivity contribution is -0.153. The maximum absolute atomic E-state index is 12.2. The zero-order chi connectivity index (χ0) is 22.0. The number of methoxy groups -OCH3 is 1. The molecule has 8 nitrogen and oxygen atoms in total. The van der Waals surface area contributed by atoms with Crippen LogP contribution in [0, 0.1) is 6.92 Å². The van der Waals surface area contributed by atoms with Crippen LogP contribution in [0.25, 0.3) is 0 Å². The summed E-state index contributed by atoms with van der Waals surface area (Å²) in [5, 5.41) is 14.6. The molecule has 1 aromatic heterocycles. The van der Waals surface area contributed by atoms with Gasteiger partial charge in [-0.3, -0.25) is 0 Å². The number of aryl methyl sites for hydroxylation is 1. The number of nitrogens with one attached hydrogen (secondary N) is 2. The average molecular weight is 556 g/mol. The molecule has 2 aromatic rings. The van der Waals surface area contributed by atoms with E-state index in [9.17, 15) is 13.2 Å². The Hall–Kier alpha value is -2.09. The molecule has 0 fully saturated rings. The fourth-order valence-corrected chi connectivity index (χ4v) is 2.39. The molecule has 1 heterocycles. The topological polar surface area (TPSA) is 85.6 Å². The lowest BCUT2D eigenvalue weighted by Crippen LogP contribution is -2.38. The van der Waals surface area contributed by atoms with Gasteiger partial charge in [-0.05, 0) is 31.0 Å². The van der Waals surface area contributed by atoms with E-state index in [0.717, 1.165) is 23.6 Å². The van der Waals surface area contributed by atoms with Crippen molar-refractivity contribution in [1.29, 1.82) is 0 Å². The Kier molecular flexibility index (Phi) is 11.6. The van der Waals surface area contributed by atoms with E-state index >= 15 is 0 Å². The summed E-state index contributed by atoms with van der Waals surface area (Å²) in [6.07, 6.45) is -3.55. The third-order valence-corrected chi connectivity index (χ3v) is 4.16.